The van der Waals surface area contributed by atoms with Crippen molar-refractivity contribution >= 4 is 94.1 Å². The van der Waals surface area contributed by atoms with Crippen molar-refractivity contribution in [2.75, 3.05) is 0 Å². The maximum absolute atomic E-state index is 4.94. The van der Waals surface area contributed by atoms with Gasteiger partial charge in [0.1, 0.15) is 20.1 Å². The van der Waals surface area contributed by atoms with Gasteiger partial charge in [0.25, 0.3) is 0 Å². The second-order valence-corrected chi connectivity index (χ2v) is 15.6. The summed E-state index contributed by atoms with van der Waals surface area (Å²) in [4.78, 5) is 15.5. The van der Waals surface area contributed by atoms with Crippen molar-refractivity contribution in [1.82, 2.24) is 9.97 Å². The predicted molar refractivity (Wildman–Crippen MR) is 127 cm³/mol. The Morgan fingerprint density at radius 1 is 0.385 bits per heavy atom. The molecule has 10 heteroatoms. The van der Waals surface area contributed by atoms with Crippen molar-refractivity contribution in [1.29, 1.82) is 0 Å². The molecule has 4 aliphatic heterocycles. The highest BCUT2D eigenvalue weighted by Gasteiger charge is 2.33. The van der Waals surface area contributed by atoms with Gasteiger partial charge in [-0.25, -0.2) is 9.97 Å². The number of hydrogen-bond donors (Lipinski definition) is 0. The molecule has 0 saturated carbocycles. The first-order valence-corrected chi connectivity index (χ1v) is 14.2. The van der Waals surface area contributed by atoms with Crippen molar-refractivity contribution in [3.63, 3.8) is 0 Å². The van der Waals surface area contributed by atoms with Crippen LogP contribution in [0.3, 0.4) is 0 Å². The van der Waals surface area contributed by atoms with Crippen LogP contribution in [0, 0.1) is 0 Å². The number of nitrogens with zero attached hydrogens (tertiary/aromatic N) is 2. The second kappa shape index (κ2) is 7.27. The average molecular weight is 489 g/mol. The van der Waals surface area contributed by atoms with Gasteiger partial charge in [-0.05, 0) is 47.3 Å². The maximum atomic E-state index is 4.94. The summed E-state index contributed by atoms with van der Waals surface area (Å²) < 4.78 is 5.43. The van der Waals surface area contributed by atoms with E-state index in [4.69, 9.17) is 9.97 Å². The molecule has 0 atom stereocenters. The smallest absolute Gasteiger partial charge is 0.135 e. The highest BCUT2D eigenvalue weighted by Crippen LogP contribution is 2.63. The van der Waals surface area contributed by atoms with Gasteiger partial charge in [-0.15, -0.1) is 0 Å². The van der Waals surface area contributed by atoms with Gasteiger partial charge in [0.15, 0.2) is 0 Å². The van der Waals surface area contributed by atoms with E-state index < -0.39 is 0 Å². The van der Waals surface area contributed by atoms with Gasteiger partial charge in [0.05, 0.1) is 16.9 Å². The van der Waals surface area contributed by atoms with Gasteiger partial charge in [-0.2, -0.15) is 0 Å². The van der Waals surface area contributed by atoms with E-state index >= 15 is 0 Å². The van der Waals surface area contributed by atoms with Gasteiger partial charge >= 0.3 is 0 Å². The summed E-state index contributed by atoms with van der Waals surface area (Å²) in [6, 6.07) is 0. The zero-order valence-corrected chi connectivity index (χ0v) is 20.7. The second-order valence-electron chi connectivity index (χ2n) is 5.64. The first-order valence-electron chi connectivity index (χ1n) is 7.66. The fourth-order valence-electron chi connectivity index (χ4n) is 2.25. The third-order valence-electron chi connectivity index (χ3n) is 3.84. The molecule has 0 aliphatic carbocycles. The molecule has 5 heterocycles. The van der Waals surface area contributed by atoms with Crippen LogP contribution in [-0.2, 0) is 0 Å². The van der Waals surface area contributed by atoms with Crippen LogP contribution in [0.25, 0.3) is 0 Å². The molecule has 0 saturated heterocycles. The molecule has 0 bridgehead atoms. The summed E-state index contributed by atoms with van der Waals surface area (Å²) in [6.45, 7) is 8.79. The van der Waals surface area contributed by atoms with E-state index in [1.165, 1.54) is 36.6 Å². The molecule has 134 valence electrons. The minimum absolute atomic E-state index is 1.07. The Morgan fingerprint density at radius 3 is 0.885 bits per heavy atom. The summed E-state index contributed by atoms with van der Waals surface area (Å²) in [7, 11) is 0. The van der Waals surface area contributed by atoms with Gasteiger partial charge in [-0.3, -0.25) is 0 Å². The molecule has 26 heavy (non-hydrogen) atoms. The predicted octanol–water partition coefficient (Wildman–Crippen LogP) is 8.59. The summed E-state index contributed by atoms with van der Waals surface area (Å²) in [6.07, 6.45) is 0. The molecular weight excluding hydrogens is 477 g/mol. The SMILES string of the molecule is CC1=C(C)SC(=C2Sc3nc4c(nc3S2)SC(=C2SC(C)=C(C)S2)S4)S1. The Morgan fingerprint density at radius 2 is 0.615 bits per heavy atom. The number of aromatic nitrogens is 2. The monoisotopic (exact) mass is 488 g/mol. The van der Waals surface area contributed by atoms with Gasteiger partial charge in [0, 0.05) is 0 Å². The van der Waals surface area contributed by atoms with E-state index in [-0.39, 0.29) is 0 Å². The molecule has 0 fully saturated rings. The summed E-state index contributed by atoms with van der Waals surface area (Å²) in [5.41, 5.74) is 0. The lowest BCUT2D eigenvalue weighted by Crippen LogP contribution is -1.88. The lowest BCUT2D eigenvalue weighted by atomic mass is 10.6. The van der Waals surface area contributed by atoms with Gasteiger partial charge < -0.3 is 0 Å². The van der Waals surface area contributed by atoms with Crippen molar-refractivity contribution < 1.29 is 0 Å². The topological polar surface area (TPSA) is 25.8 Å². The van der Waals surface area contributed by atoms with E-state index in [2.05, 4.69) is 27.7 Å². The molecule has 0 radical (unpaired) electrons. The third kappa shape index (κ3) is 3.36. The zero-order valence-electron chi connectivity index (χ0n) is 14.2. The Hall–Kier alpha value is 0.840. The van der Waals surface area contributed by atoms with E-state index in [0.29, 0.717) is 0 Å². The zero-order chi connectivity index (χ0) is 18.0. The lowest BCUT2D eigenvalue weighted by Gasteiger charge is -2.00. The molecule has 0 amide bonds. The largest absolute Gasteiger partial charge is 0.229 e. The van der Waals surface area contributed by atoms with Crippen molar-refractivity contribution in [3.05, 3.63) is 36.6 Å². The van der Waals surface area contributed by atoms with Crippen LogP contribution in [0.4, 0.5) is 0 Å². The highest BCUT2D eigenvalue weighted by molar-refractivity contribution is 8.33. The van der Waals surface area contributed by atoms with Crippen LogP contribution in [0.5, 0.6) is 0 Å². The minimum atomic E-state index is 1.07. The Labute approximate surface area is 186 Å². The maximum Gasteiger partial charge on any atom is 0.135 e. The average Bonchev–Trinajstić information content (AvgIpc) is 3.33. The third-order valence-corrected chi connectivity index (χ3v) is 14.9. The summed E-state index contributed by atoms with van der Waals surface area (Å²) in [5, 5.41) is 4.26. The number of hydrogen-bond acceptors (Lipinski definition) is 10. The number of fused-ring (bicyclic) bond motifs is 2. The molecule has 4 aliphatic rings. The molecule has 5 rings (SSSR count). The van der Waals surface area contributed by atoms with Crippen LogP contribution in [0.1, 0.15) is 27.7 Å². The van der Waals surface area contributed by atoms with E-state index in [1.54, 1.807) is 47.0 Å². The first-order chi connectivity index (χ1) is 12.5. The van der Waals surface area contributed by atoms with E-state index in [9.17, 15) is 0 Å². The standard InChI is InChI=1S/C16H12N2S8/c1-5-6(2)20-13(19-5)15-23-9-10(24-15)18-12-11(17-9)25-16(26-12)14-21-7(3)8(4)22-14/h1-4H3. The minimum Gasteiger partial charge on any atom is -0.229 e. The first kappa shape index (κ1) is 18.8. The molecule has 0 unspecified atom stereocenters. The number of rotatable bonds is 0. The van der Waals surface area contributed by atoms with Crippen LogP contribution < -0.4 is 0 Å². The van der Waals surface area contributed by atoms with E-state index in [1.807, 2.05) is 47.0 Å². The number of thioether (sulfide) groups is 8. The molecule has 0 N–H and O–H groups in total. The van der Waals surface area contributed by atoms with Crippen LogP contribution >= 0.6 is 94.1 Å². The highest BCUT2D eigenvalue weighted by atomic mass is 32.2. The molecule has 1 aromatic heterocycles. The quantitative estimate of drug-likeness (QED) is 0.353. The van der Waals surface area contributed by atoms with Gasteiger partial charge in [-0.1, -0.05) is 94.1 Å². The van der Waals surface area contributed by atoms with E-state index in [0.717, 1.165) is 20.1 Å². The summed E-state index contributed by atoms with van der Waals surface area (Å²) >= 11 is 14.7. The van der Waals surface area contributed by atoms with Crippen LogP contribution in [0.15, 0.2) is 56.7 Å². The van der Waals surface area contributed by atoms with Crippen molar-refractivity contribution in [3.8, 4) is 0 Å². The lowest BCUT2D eigenvalue weighted by molar-refractivity contribution is 0.776. The fraction of sp³-hybridized carbons (Fsp3) is 0.250. The molecule has 2 nitrogen and oxygen atoms in total. The molecule has 0 aromatic carbocycles. The fourth-order valence-corrected chi connectivity index (χ4v) is 12.6. The Bertz CT molecular complexity index is 842. The van der Waals surface area contributed by atoms with Crippen LogP contribution in [0.2, 0.25) is 0 Å². The summed E-state index contributed by atoms with van der Waals surface area (Å²) in [5.74, 6) is 0. The van der Waals surface area contributed by atoms with Crippen molar-refractivity contribution in [2.45, 2.75) is 47.8 Å². The normalized spacial score (nSPS) is 22.3. The Balaban J connectivity index is 1.39. The van der Waals surface area contributed by atoms with Gasteiger partial charge in [0.2, 0.25) is 0 Å². The molecule has 1 aromatic rings. The molecular formula is C16H12N2S8. The number of allylic oxidation sites excluding steroid dienone is 4. The van der Waals surface area contributed by atoms with Crippen molar-refractivity contribution in [2.24, 2.45) is 0 Å². The Kier molecular flexibility index (Phi) is 5.27. The van der Waals surface area contributed by atoms with Crippen LogP contribution in [-0.4, -0.2) is 9.97 Å². The molecule has 0 spiro atoms.